The third-order valence-corrected chi connectivity index (χ3v) is 1.56. The molecule has 0 aliphatic rings. The fourth-order valence-corrected chi connectivity index (χ4v) is 0.889. The average Bonchev–Trinajstić information content (AvgIpc) is 2.01. The summed E-state index contributed by atoms with van der Waals surface area (Å²) in [5.41, 5.74) is -1.64. The summed E-state index contributed by atoms with van der Waals surface area (Å²) in [6, 6.07) is 1.69. The van der Waals surface area contributed by atoms with Gasteiger partial charge in [0, 0.05) is 0 Å². The Labute approximate surface area is 105 Å². The summed E-state index contributed by atoms with van der Waals surface area (Å²) in [5, 5.41) is 17.4. The molecule has 3 nitrogen and oxygen atoms in total. The van der Waals surface area contributed by atoms with Gasteiger partial charge in [-0.3, -0.25) is 0 Å². The van der Waals surface area contributed by atoms with Crippen LogP contribution in [-0.2, 0) is 6.18 Å². The van der Waals surface area contributed by atoms with Gasteiger partial charge in [-0.15, -0.1) is 0 Å². The second kappa shape index (κ2) is 4.87. The van der Waals surface area contributed by atoms with Crippen LogP contribution in [0.2, 0.25) is 0 Å². The second-order valence-corrected chi connectivity index (χ2v) is 2.53. The van der Waals surface area contributed by atoms with Crippen LogP contribution in [0, 0.1) is 0 Å². The Morgan fingerprint density at radius 3 is 2.13 bits per heavy atom. The van der Waals surface area contributed by atoms with E-state index in [1.807, 2.05) is 0 Å². The van der Waals surface area contributed by atoms with Crippen molar-refractivity contribution in [2.45, 2.75) is 6.18 Å². The summed E-state index contributed by atoms with van der Waals surface area (Å²) in [5.74, 6) is -2.37. The van der Waals surface area contributed by atoms with Crippen LogP contribution in [0.1, 0.15) is 15.9 Å². The molecule has 0 saturated carbocycles. The van der Waals surface area contributed by atoms with Crippen molar-refractivity contribution in [3.63, 3.8) is 0 Å². The molecule has 1 rings (SSSR count). The molecule has 0 saturated heterocycles. The maximum absolute atomic E-state index is 12.0. The van der Waals surface area contributed by atoms with Gasteiger partial charge in [-0.25, -0.2) is 4.79 Å². The number of aromatic hydroxyl groups is 1. The van der Waals surface area contributed by atoms with Crippen LogP contribution in [0.3, 0.4) is 0 Å². The first-order valence-electron chi connectivity index (χ1n) is 3.46. The van der Waals surface area contributed by atoms with Gasteiger partial charge >= 0.3 is 41.7 Å². The van der Waals surface area contributed by atoms with Crippen molar-refractivity contribution in [3.8, 4) is 5.75 Å². The van der Waals surface area contributed by atoms with E-state index in [1.54, 1.807) is 0 Å². The van der Waals surface area contributed by atoms with Gasteiger partial charge in [-0.05, 0) is 18.2 Å². The van der Waals surface area contributed by atoms with Gasteiger partial charge in [0.15, 0.2) is 0 Å². The number of carboxylic acids is 1. The van der Waals surface area contributed by atoms with Crippen molar-refractivity contribution in [1.82, 2.24) is 0 Å². The van der Waals surface area contributed by atoms with E-state index < -0.39 is 29.0 Å². The Hall–Kier alpha value is -0.720. The zero-order valence-corrected chi connectivity index (χ0v) is 6.67. The normalized spacial score (nSPS) is 10.6. The quantitative estimate of drug-likeness (QED) is 0.718. The fraction of sp³-hybridized carbons (Fsp3) is 0.125. The van der Waals surface area contributed by atoms with E-state index in [4.69, 9.17) is 10.2 Å². The number of carboxylic acid groups (broad SMARTS) is 1. The first-order chi connectivity index (χ1) is 6.32. The third kappa shape index (κ3) is 3.40. The van der Waals surface area contributed by atoms with Gasteiger partial charge in [0.25, 0.3) is 0 Å². The summed E-state index contributed by atoms with van der Waals surface area (Å²) < 4.78 is 36.1. The number of halogens is 3. The molecule has 15 heavy (non-hydrogen) atoms. The fourth-order valence-electron chi connectivity index (χ4n) is 0.889. The zero-order valence-electron chi connectivity index (χ0n) is 6.67. The van der Waals surface area contributed by atoms with E-state index in [-0.39, 0.29) is 29.6 Å². The summed E-state index contributed by atoms with van der Waals surface area (Å²) in [6.45, 7) is 0. The van der Waals surface area contributed by atoms with Crippen LogP contribution in [-0.4, -0.2) is 45.7 Å². The Morgan fingerprint density at radius 2 is 1.80 bits per heavy atom. The van der Waals surface area contributed by atoms with Crippen LogP contribution in [0.15, 0.2) is 18.2 Å². The van der Waals surface area contributed by atoms with Crippen molar-refractivity contribution in [2.75, 3.05) is 0 Å². The van der Waals surface area contributed by atoms with Crippen LogP contribution < -0.4 is 0 Å². The van der Waals surface area contributed by atoms with Gasteiger partial charge < -0.3 is 10.2 Å². The predicted octanol–water partition coefficient (Wildman–Crippen LogP) is 1.46. The summed E-state index contributed by atoms with van der Waals surface area (Å²) in [6.07, 6.45) is -4.59. The molecule has 1 aromatic rings. The second-order valence-electron chi connectivity index (χ2n) is 2.53. The van der Waals surface area contributed by atoms with E-state index >= 15 is 0 Å². The van der Waals surface area contributed by atoms with E-state index in [0.29, 0.717) is 18.2 Å². The Balaban J connectivity index is 0.00000196. The number of benzene rings is 1. The molecule has 78 valence electrons. The molecule has 0 bridgehead atoms. The van der Waals surface area contributed by atoms with Gasteiger partial charge in [-0.2, -0.15) is 13.2 Å². The van der Waals surface area contributed by atoms with E-state index in [0.717, 1.165) is 0 Å². The predicted molar refractivity (Wildman–Crippen MR) is 47.2 cm³/mol. The summed E-state index contributed by atoms with van der Waals surface area (Å²) >= 11 is 0. The topological polar surface area (TPSA) is 57.5 Å². The minimum atomic E-state index is -4.59. The number of aromatic carboxylic acids is 1. The number of carbonyl (C=O) groups is 1. The van der Waals surface area contributed by atoms with Crippen LogP contribution >= 0.6 is 0 Å². The van der Waals surface area contributed by atoms with Crippen LogP contribution in [0.4, 0.5) is 13.2 Å². The third-order valence-electron chi connectivity index (χ3n) is 1.56. The van der Waals surface area contributed by atoms with E-state index in [1.165, 1.54) is 0 Å². The molecule has 0 radical (unpaired) electrons. The Bertz CT molecular complexity index is 376. The zero-order chi connectivity index (χ0) is 10.9. The van der Waals surface area contributed by atoms with Gasteiger partial charge in [0.2, 0.25) is 0 Å². The number of alkyl halides is 3. The molecule has 0 aromatic heterocycles. The average molecular weight is 230 g/mol. The molecule has 0 amide bonds. The number of hydrogen-bond acceptors (Lipinski definition) is 2. The molecule has 0 unspecified atom stereocenters. The molecule has 0 fully saturated rings. The molecule has 0 atom stereocenters. The molecule has 2 N–H and O–H groups in total. The molecule has 0 aliphatic heterocycles. The minimum absolute atomic E-state index is 0. The number of hydrogen-bond donors (Lipinski definition) is 2. The molecule has 7 heteroatoms. The van der Waals surface area contributed by atoms with Gasteiger partial charge in [-0.1, -0.05) is 0 Å². The molecular formula is C8H6F3NaO3. The van der Waals surface area contributed by atoms with Crippen molar-refractivity contribution in [3.05, 3.63) is 29.3 Å². The number of rotatable bonds is 1. The standard InChI is InChI=1S/C8H5F3O3.Na.H/c9-8(10,11)4-1-2-5(7(13)14)6(12)3-4;;/h1-3,12H,(H,13,14);;. The number of phenols is 1. The SMILES string of the molecule is O=C(O)c1ccc(C(F)(F)F)cc1O.[NaH]. The molecule has 0 heterocycles. The maximum atomic E-state index is 12.0. The molecule has 0 aliphatic carbocycles. The summed E-state index contributed by atoms with van der Waals surface area (Å²) in [4.78, 5) is 10.3. The van der Waals surface area contributed by atoms with Gasteiger partial charge in [0.05, 0.1) is 5.56 Å². The first-order valence-corrected chi connectivity index (χ1v) is 3.46. The summed E-state index contributed by atoms with van der Waals surface area (Å²) in [7, 11) is 0. The van der Waals surface area contributed by atoms with Crippen molar-refractivity contribution < 1.29 is 28.2 Å². The Morgan fingerprint density at radius 1 is 1.27 bits per heavy atom. The van der Waals surface area contributed by atoms with E-state index in [2.05, 4.69) is 0 Å². The van der Waals surface area contributed by atoms with Crippen molar-refractivity contribution in [2.24, 2.45) is 0 Å². The Kier molecular flexibility index (Phi) is 4.64. The first kappa shape index (κ1) is 14.3. The molecule has 1 aromatic carbocycles. The van der Waals surface area contributed by atoms with Crippen molar-refractivity contribution >= 4 is 35.5 Å². The molecular weight excluding hydrogens is 224 g/mol. The van der Waals surface area contributed by atoms with Gasteiger partial charge in [0.1, 0.15) is 11.3 Å². The van der Waals surface area contributed by atoms with Crippen LogP contribution in [0.25, 0.3) is 0 Å². The molecule has 0 spiro atoms. The van der Waals surface area contributed by atoms with Crippen LogP contribution in [0.5, 0.6) is 5.75 Å². The van der Waals surface area contributed by atoms with E-state index in [9.17, 15) is 18.0 Å². The van der Waals surface area contributed by atoms with Crippen molar-refractivity contribution in [1.29, 1.82) is 0 Å². The monoisotopic (exact) mass is 230 g/mol.